The molecule has 0 heterocycles. The van der Waals surface area contributed by atoms with Crippen LogP contribution in [-0.2, 0) is 4.74 Å². The number of nitrogens with zero attached hydrogens (tertiary/aromatic N) is 2. The first kappa shape index (κ1) is 15.0. The van der Waals surface area contributed by atoms with E-state index in [1.807, 2.05) is 6.07 Å². The van der Waals surface area contributed by atoms with Crippen LogP contribution in [0.4, 0.5) is 5.69 Å². The van der Waals surface area contributed by atoms with Gasteiger partial charge in [-0.15, -0.1) is 0 Å². The summed E-state index contributed by atoms with van der Waals surface area (Å²) >= 11 is 0. The van der Waals surface area contributed by atoms with Crippen LogP contribution in [0.1, 0.15) is 16.8 Å². The average molecular weight is 262 g/mol. The van der Waals surface area contributed by atoms with Crippen molar-refractivity contribution in [1.82, 2.24) is 4.90 Å². The van der Waals surface area contributed by atoms with Crippen LogP contribution in [0.15, 0.2) is 24.3 Å². The van der Waals surface area contributed by atoms with Gasteiger partial charge in [-0.25, -0.2) is 0 Å². The van der Waals surface area contributed by atoms with Crippen LogP contribution >= 0.6 is 0 Å². The van der Waals surface area contributed by atoms with Gasteiger partial charge in [0.15, 0.2) is 0 Å². The van der Waals surface area contributed by atoms with Gasteiger partial charge in [0.05, 0.1) is 30.3 Å². The van der Waals surface area contributed by atoms with Gasteiger partial charge in [-0.05, 0) is 12.1 Å². The number of nitrogens with one attached hydrogen (secondary N) is 1. The number of nitrogen functional groups attached to an aromatic ring is 1. The second-order valence-corrected chi connectivity index (χ2v) is 3.88. The molecule has 0 radical (unpaired) electrons. The summed E-state index contributed by atoms with van der Waals surface area (Å²) in [5.41, 5.74) is 3.55. The Morgan fingerprint density at radius 2 is 2.21 bits per heavy atom. The van der Waals surface area contributed by atoms with Gasteiger partial charge in [0.1, 0.15) is 0 Å². The van der Waals surface area contributed by atoms with Crippen LogP contribution in [0.2, 0.25) is 0 Å². The number of benzene rings is 1. The van der Waals surface area contributed by atoms with Crippen LogP contribution in [0.5, 0.6) is 0 Å². The van der Waals surface area contributed by atoms with E-state index >= 15 is 0 Å². The number of carbonyl (C=O) groups excluding carboxylic acids is 1. The number of methoxy groups -OCH3 is 1. The largest absolute Gasteiger partial charge is 0.383 e. The number of hydrogen-bond donors (Lipinski definition) is 2. The van der Waals surface area contributed by atoms with Crippen molar-refractivity contribution in [3.05, 3.63) is 29.8 Å². The summed E-state index contributed by atoms with van der Waals surface area (Å²) in [6.07, 6.45) is 0.285. The lowest BCUT2D eigenvalue weighted by Gasteiger charge is -2.22. The Bertz CT molecular complexity index is 456. The van der Waals surface area contributed by atoms with Gasteiger partial charge in [0, 0.05) is 20.2 Å². The van der Waals surface area contributed by atoms with E-state index in [1.54, 1.807) is 36.3 Å². The van der Waals surface area contributed by atoms with Crippen LogP contribution in [0.25, 0.3) is 0 Å². The van der Waals surface area contributed by atoms with E-state index in [4.69, 9.17) is 15.8 Å². The third-order valence-corrected chi connectivity index (χ3v) is 2.66. The normalized spacial score (nSPS) is 9.74. The van der Waals surface area contributed by atoms with Crippen LogP contribution in [0, 0.1) is 11.3 Å². The highest BCUT2D eigenvalue weighted by Gasteiger charge is 2.17. The molecule has 0 aromatic heterocycles. The van der Waals surface area contributed by atoms with Crippen LogP contribution < -0.4 is 11.3 Å². The van der Waals surface area contributed by atoms with E-state index in [0.717, 1.165) is 0 Å². The van der Waals surface area contributed by atoms with Crippen molar-refractivity contribution in [2.24, 2.45) is 5.84 Å². The van der Waals surface area contributed by atoms with E-state index in [-0.39, 0.29) is 12.3 Å². The molecule has 1 aromatic rings. The number of nitriles is 1. The maximum atomic E-state index is 12.4. The first-order valence-electron chi connectivity index (χ1n) is 5.95. The lowest BCUT2D eigenvalue weighted by molar-refractivity contribution is 0.0701. The zero-order valence-corrected chi connectivity index (χ0v) is 10.9. The highest BCUT2D eigenvalue weighted by molar-refractivity contribution is 5.99. The lowest BCUT2D eigenvalue weighted by Crippen LogP contribution is -2.35. The monoisotopic (exact) mass is 262 g/mol. The van der Waals surface area contributed by atoms with Gasteiger partial charge in [-0.2, -0.15) is 5.26 Å². The van der Waals surface area contributed by atoms with Gasteiger partial charge in [0.2, 0.25) is 0 Å². The Morgan fingerprint density at radius 3 is 2.84 bits per heavy atom. The molecular formula is C13H18N4O2. The lowest BCUT2D eigenvalue weighted by atomic mass is 10.1. The average Bonchev–Trinajstić information content (AvgIpc) is 2.46. The van der Waals surface area contributed by atoms with E-state index in [0.29, 0.717) is 30.9 Å². The second kappa shape index (κ2) is 8.08. The molecule has 0 aliphatic carbocycles. The first-order valence-corrected chi connectivity index (χ1v) is 5.95. The summed E-state index contributed by atoms with van der Waals surface area (Å²) < 4.78 is 4.98. The molecule has 1 amide bonds. The molecule has 6 heteroatoms. The van der Waals surface area contributed by atoms with Crippen molar-refractivity contribution in [1.29, 1.82) is 5.26 Å². The maximum absolute atomic E-state index is 12.4. The molecule has 6 nitrogen and oxygen atoms in total. The number of rotatable bonds is 7. The molecule has 1 rings (SSSR count). The number of amides is 1. The summed E-state index contributed by atoms with van der Waals surface area (Å²) in [4.78, 5) is 14.0. The Kier molecular flexibility index (Phi) is 6.36. The first-order chi connectivity index (χ1) is 9.24. The van der Waals surface area contributed by atoms with Crippen LogP contribution in [0.3, 0.4) is 0 Å². The molecule has 0 spiro atoms. The Morgan fingerprint density at radius 1 is 1.47 bits per heavy atom. The minimum atomic E-state index is -0.166. The molecule has 0 saturated heterocycles. The molecule has 0 aliphatic heterocycles. The Labute approximate surface area is 112 Å². The topological polar surface area (TPSA) is 91.4 Å². The number of ether oxygens (including phenoxy) is 1. The number of hydrazine groups is 1. The van der Waals surface area contributed by atoms with Crippen molar-refractivity contribution in [2.75, 3.05) is 32.2 Å². The fourth-order valence-corrected chi connectivity index (χ4v) is 1.67. The van der Waals surface area contributed by atoms with E-state index < -0.39 is 0 Å². The number of nitrogens with two attached hydrogens (primary N) is 1. The fraction of sp³-hybridized carbons (Fsp3) is 0.385. The molecule has 0 atom stereocenters. The molecule has 0 bridgehead atoms. The van der Waals surface area contributed by atoms with Crippen molar-refractivity contribution >= 4 is 11.6 Å². The minimum absolute atomic E-state index is 0.166. The second-order valence-electron chi connectivity index (χ2n) is 3.88. The molecule has 0 fully saturated rings. The highest BCUT2D eigenvalue weighted by atomic mass is 16.5. The molecule has 3 N–H and O–H groups in total. The molecule has 0 unspecified atom stereocenters. The molecule has 0 saturated carbocycles. The number of hydrogen-bond acceptors (Lipinski definition) is 5. The zero-order valence-electron chi connectivity index (χ0n) is 10.9. The van der Waals surface area contributed by atoms with Gasteiger partial charge in [-0.3, -0.25) is 10.6 Å². The van der Waals surface area contributed by atoms with E-state index in [9.17, 15) is 4.79 Å². The van der Waals surface area contributed by atoms with E-state index in [1.165, 1.54) is 0 Å². The van der Waals surface area contributed by atoms with Crippen LogP contribution in [-0.4, -0.2) is 37.6 Å². The molecule has 1 aromatic carbocycles. The maximum Gasteiger partial charge on any atom is 0.256 e. The zero-order chi connectivity index (χ0) is 14.1. The number of anilines is 1. The molecule has 19 heavy (non-hydrogen) atoms. The summed E-state index contributed by atoms with van der Waals surface area (Å²) in [6, 6.07) is 9.02. The Hall–Kier alpha value is -2.10. The Balaban J connectivity index is 2.88. The predicted octanol–water partition coefficient (Wildman–Crippen LogP) is 0.974. The summed E-state index contributed by atoms with van der Waals surface area (Å²) in [7, 11) is 1.57. The predicted molar refractivity (Wildman–Crippen MR) is 72.3 cm³/mol. The third-order valence-electron chi connectivity index (χ3n) is 2.66. The molecule has 0 aliphatic rings. The van der Waals surface area contributed by atoms with Crippen molar-refractivity contribution in [2.45, 2.75) is 6.42 Å². The third kappa shape index (κ3) is 4.25. The minimum Gasteiger partial charge on any atom is -0.383 e. The van der Waals surface area contributed by atoms with E-state index in [2.05, 4.69) is 5.43 Å². The van der Waals surface area contributed by atoms with Crippen molar-refractivity contribution in [3.63, 3.8) is 0 Å². The highest BCUT2D eigenvalue weighted by Crippen LogP contribution is 2.16. The summed E-state index contributed by atoms with van der Waals surface area (Å²) in [5.74, 6) is 5.23. The number of carbonyl (C=O) groups is 1. The SMILES string of the molecule is COCCN(CCC#N)C(=O)c1ccccc1NN. The fourth-order valence-electron chi connectivity index (χ4n) is 1.67. The quantitative estimate of drug-likeness (QED) is 0.564. The number of para-hydroxylation sites is 1. The van der Waals surface area contributed by atoms with Gasteiger partial charge in [0.25, 0.3) is 5.91 Å². The van der Waals surface area contributed by atoms with Gasteiger partial charge < -0.3 is 15.1 Å². The standard InChI is InChI=1S/C13H18N4O2/c1-19-10-9-17(8-4-7-14)13(18)11-5-2-3-6-12(11)16-15/h2-3,5-6,16H,4,8-10,15H2,1H3. The smallest absolute Gasteiger partial charge is 0.256 e. The van der Waals surface area contributed by atoms with Gasteiger partial charge >= 0.3 is 0 Å². The summed E-state index contributed by atoms with van der Waals surface area (Å²) in [5, 5.41) is 8.64. The molecule has 102 valence electrons. The van der Waals surface area contributed by atoms with Crippen molar-refractivity contribution in [3.8, 4) is 6.07 Å². The van der Waals surface area contributed by atoms with Gasteiger partial charge in [-0.1, -0.05) is 12.1 Å². The van der Waals surface area contributed by atoms with Crippen molar-refractivity contribution < 1.29 is 9.53 Å². The molecular weight excluding hydrogens is 244 g/mol. The summed E-state index contributed by atoms with van der Waals surface area (Å²) in [6.45, 7) is 1.24.